The topological polar surface area (TPSA) is 63.0 Å². The highest BCUT2D eigenvalue weighted by molar-refractivity contribution is 5.97. The number of nitrogens with zero attached hydrogens (tertiary/aromatic N) is 5. The van der Waals surface area contributed by atoms with Crippen molar-refractivity contribution in [3.63, 3.8) is 0 Å². The van der Waals surface area contributed by atoms with Crippen molar-refractivity contribution in [1.29, 1.82) is 0 Å². The highest BCUT2D eigenvalue weighted by Crippen LogP contribution is 2.29. The maximum absolute atomic E-state index is 12.5. The highest BCUT2D eigenvalue weighted by atomic mass is 19.4. The molecule has 0 aliphatic heterocycles. The summed E-state index contributed by atoms with van der Waals surface area (Å²) >= 11 is 0. The second-order valence-electron chi connectivity index (χ2n) is 5.84. The van der Waals surface area contributed by atoms with Gasteiger partial charge in [0.2, 0.25) is 0 Å². The zero-order chi connectivity index (χ0) is 20.9. The van der Waals surface area contributed by atoms with E-state index in [0.29, 0.717) is 28.2 Å². The van der Waals surface area contributed by atoms with Gasteiger partial charge in [0.1, 0.15) is 11.4 Å². The van der Waals surface area contributed by atoms with E-state index in [1.165, 1.54) is 35.7 Å². The van der Waals surface area contributed by atoms with Crippen molar-refractivity contribution < 1.29 is 17.9 Å². The summed E-state index contributed by atoms with van der Waals surface area (Å²) in [6, 6.07) is 12.8. The standard InChI is InChI=1S/C20H16F3N5O/c1-14(19-8-3-4-9-26-19)27-28(24-2)17-10-16(12-25-13-17)15-6-5-7-18(11-15)29-20(21,22)23/h3-13H,2H2,1H3/b27-14+. The highest BCUT2D eigenvalue weighted by Gasteiger charge is 2.31. The Morgan fingerprint density at radius 1 is 1.07 bits per heavy atom. The Hall–Kier alpha value is -3.75. The van der Waals surface area contributed by atoms with Gasteiger partial charge in [-0.15, -0.1) is 13.2 Å². The van der Waals surface area contributed by atoms with Crippen LogP contribution in [0.4, 0.5) is 18.9 Å². The fraction of sp³-hybridized carbons (Fsp3) is 0.100. The predicted molar refractivity (Wildman–Crippen MR) is 105 cm³/mol. The van der Waals surface area contributed by atoms with E-state index >= 15 is 0 Å². The molecular formula is C20H16F3N5O. The molecule has 0 atom stereocenters. The fourth-order valence-electron chi connectivity index (χ4n) is 2.51. The summed E-state index contributed by atoms with van der Waals surface area (Å²) in [6.45, 7) is 5.29. The number of benzene rings is 1. The molecule has 148 valence electrons. The van der Waals surface area contributed by atoms with E-state index in [2.05, 4.69) is 31.6 Å². The van der Waals surface area contributed by atoms with Crippen LogP contribution in [-0.2, 0) is 0 Å². The molecule has 29 heavy (non-hydrogen) atoms. The van der Waals surface area contributed by atoms with Crippen LogP contribution in [0.5, 0.6) is 5.75 Å². The van der Waals surface area contributed by atoms with E-state index in [1.54, 1.807) is 37.4 Å². The van der Waals surface area contributed by atoms with Gasteiger partial charge in [-0.2, -0.15) is 15.3 Å². The van der Waals surface area contributed by atoms with E-state index in [4.69, 9.17) is 0 Å². The summed E-state index contributed by atoms with van der Waals surface area (Å²) < 4.78 is 41.4. The molecule has 1 aromatic carbocycles. The first kappa shape index (κ1) is 20.0. The van der Waals surface area contributed by atoms with Crippen LogP contribution in [0.2, 0.25) is 0 Å². The maximum atomic E-state index is 12.5. The molecule has 0 bridgehead atoms. The van der Waals surface area contributed by atoms with Crippen LogP contribution >= 0.6 is 0 Å². The summed E-state index contributed by atoms with van der Waals surface area (Å²) in [5.74, 6) is -0.317. The molecule has 0 aliphatic rings. The SMILES string of the molecule is C=NN(/N=C(\C)c1ccccn1)c1cncc(-c2cccc(OC(F)(F)F)c2)c1. The average Bonchev–Trinajstić information content (AvgIpc) is 2.71. The average molecular weight is 399 g/mol. The summed E-state index contributed by atoms with van der Waals surface area (Å²) in [7, 11) is 0. The number of hydrogen-bond donors (Lipinski definition) is 0. The number of anilines is 1. The number of halogens is 3. The minimum atomic E-state index is -4.76. The molecule has 9 heteroatoms. The number of alkyl halides is 3. The molecule has 0 fully saturated rings. The smallest absolute Gasteiger partial charge is 0.406 e. The minimum Gasteiger partial charge on any atom is -0.406 e. The van der Waals surface area contributed by atoms with Crippen molar-refractivity contribution in [1.82, 2.24) is 9.97 Å². The van der Waals surface area contributed by atoms with Crippen LogP contribution in [0.1, 0.15) is 12.6 Å². The Morgan fingerprint density at radius 3 is 2.59 bits per heavy atom. The van der Waals surface area contributed by atoms with Gasteiger partial charge >= 0.3 is 6.36 Å². The van der Waals surface area contributed by atoms with Crippen LogP contribution in [0.25, 0.3) is 11.1 Å². The van der Waals surface area contributed by atoms with Gasteiger partial charge in [0.25, 0.3) is 0 Å². The van der Waals surface area contributed by atoms with Crippen molar-refractivity contribution in [2.45, 2.75) is 13.3 Å². The molecule has 0 saturated heterocycles. The van der Waals surface area contributed by atoms with Crippen LogP contribution < -0.4 is 9.85 Å². The predicted octanol–water partition coefficient (Wildman–Crippen LogP) is 4.89. The third-order valence-electron chi connectivity index (χ3n) is 3.77. The van der Waals surface area contributed by atoms with Gasteiger partial charge in [-0.25, -0.2) is 0 Å². The van der Waals surface area contributed by atoms with Crippen LogP contribution in [-0.4, -0.2) is 28.8 Å². The Morgan fingerprint density at radius 2 is 1.90 bits per heavy atom. The van der Waals surface area contributed by atoms with Crippen LogP contribution in [0, 0.1) is 0 Å². The largest absolute Gasteiger partial charge is 0.573 e. The minimum absolute atomic E-state index is 0.317. The maximum Gasteiger partial charge on any atom is 0.573 e. The fourth-order valence-corrected chi connectivity index (χ4v) is 2.51. The molecule has 0 saturated carbocycles. The summed E-state index contributed by atoms with van der Waals surface area (Å²) in [5, 5.41) is 9.53. The van der Waals surface area contributed by atoms with E-state index < -0.39 is 6.36 Å². The van der Waals surface area contributed by atoms with E-state index in [0.717, 1.165) is 0 Å². The molecular weight excluding hydrogens is 383 g/mol. The second kappa shape index (κ2) is 8.51. The lowest BCUT2D eigenvalue weighted by Crippen LogP contribution is -2.17. The molecule has 0 aliphatic carbocycles. The summed E-state index contributed by atoms with van der Waals surface area (Å²) in [5.41, 5.74) is 2.81. The van der Waals surface area contributed by atoms with Gasteiger partial charge in [0.05, 0.1) is 17.6 Å². The van der Waals surface area contributed by atoms with Crippen molar-refractivity contribution in [2.24, 2.45) is 10.2 Å². The molecule has 0 N–H and O–H groups in total. The van der Waals surface area contributed by atoms with Gasteiger partial charge in [-0.3, -0.25) is 9.97 Å². The zero-order valence-electron chi connectivity index (χ0n) is 15.3. The Balaban J connectivity index is 1.90. The van der Waals surface area contributed by atoms with E-state index in [-0.39, 0.29) is 5.75 Å². The van der Waals surface area contributed by atoms with Crippen LogP contribution in [0.15, 0.2) is 77.3 Å². The number of rotatable bonds is 6. The number of hydrazone groups is 2. The Bertz CT molecular complexity index is 1020. The third kappa shape index (κ3) is 5.38. The summed E-state index contributed by atoms with van der Waals surface area (Å²) in [6.07, 6.45) is -0.0749. The number of ether oxygens (including phenoxy) is 1. The van der Waals surface area contributed by atoms with Crippen molar-refractivity contribution >= 4 is 18.1 Å². The first-order chi connectivity index (χ1) is 13.9. The lowest BCUT2D eigenvalue weighted by Gasteiger charge is -2.15. The molecule has 3 rings (SSSR count). The molecule has 0 spiro atoms. The number of hydrogen-bond acceptors (Lipinski definition) is 6. The van der Waals surface area contributed by atoms with Crippen molar-refractivity contribution in [3.8, 4) is 16.9 Å². The Labute approximate surface area is 165 Å². The zero-order valence-corrected chi connectivity index (χ0v) is 15.3. The van der Waals surface area contributed by atoms with Gasteiger partial charge in [0, 0.05) is 24.7 Å². The Kier molecular flexibility index (Phi) is 5.87. The van der Waals surface area contributed by atoms with E-state index in [1.807, 2.05) is 6.07 Å². The first-order valence-electron chi connectivity index (χ1n) is 8.40. The second-order valence-corrected chi connectivity index (χ2v) is 5.84. The summed E-state index contributed by atoms with van der Waals surface area (Å²) in [4.78, 5) is 8.36. The molecule has 2 aromatic heterocycles. The van der Waals surface area contributed by atoms with Gasteiger partial charge in [-0.1, -0.05) is 18.2 Å². The molecule has 2 heterocycles. The van der Waals surface area contributed by atoms with Crippen molar-refractivity contribution in [3.05, 3.63) is 72.8 Å². The molecule has 0 amide bonds. The number of pyridine rings is 2. The van der Waals surface area contributed by atoms with Gasteiger partial charge in [-0.05, 0) is 42.8 Å². The van der Waals surface area contributed by atoms with Gasteiger partial charge < -0.3 is 4.74 Å². The van der Waals surface area contributed by atoms with Crippen LogP contribution in [0.3, 0.4) is 0 Å². The lowest BCUT2D eigenvalue weighted by atomic mass is 10.1. The lowest BCUT2D eigenvalue weighted by molar-refractivity contribution is -0.274. The molecule has 0 radical (unpaired) electrons. The monoisotopic (exact) mass is 399 g/mol. The first-order valence-corrected chi connectivity index (χ1v) is 8.40. The van der Waals surface area contributed by atoms with Crippen molar-refractivity contribution in [2.75, 3.05) is 5.12 Å². The molecule has 0 unspecified atom stereocenters. The van der Waals surface area contributed by atoms with Gasteiger partial charge in [0.15, 0.2) is 0 Å². The molecule has 6 nitrogen and oxygen atoms in total. The quantitative estimate of drug-likeness (QED) is 0.437. The third-order valence-corrected chi connectivity index (χ3v) is 3.77. The van der Waals surface area contributed by atoms with E-state index in [9.17, 15) is 13.2 Å². The molecule has 3 aromatic rings. The number of aromatic nitrogens is 2. The normalized spacial score (nSPS) is 11.8.